The Morgan fingerprint density at radius 1 is 0.591 bits per heavy atom. The lowest BCUT2D eigenvalue weighted by Crippen LogP contribution is -2.03. The van der Waals surface area contributed by atoms with Gasteiger partial charge < -0.3 is 28.7 Å². The maximum atomic E-state index is 12.9. The monoisotopic (exact) mass is 650 g/mol. The number of nitro benzene ring substituents is 2. The van der Waals surface area contributed by atoms with Gasteiger partial charge >= 0.3 is 15.2 Å². The van der Waals surface area contributed by atoms with E-state index in [0.29, 0.717) is 22.5 Å². The average molecular weight is 651 g/mol. The predicted molar refractivity (Wildman–Crippen MR) is 168 cm³/mol. The number of nitrogens with zero attached hydrogens (tertiary/aromatic N) is 2. The van der Waals surface area contributed by atoms with Crippen LogP contribution in [-0.4, -0.2) is 36.3 Å². The van der Waals surface area contributed by atoms with Crippen LogP contribution in [0.5, 0.6) is 0 Å². The standard InChI is InChI=1S/C28H36N4O10P2/c1-5-39-43(37,40-6-2)19-21-9-13-23(14-10-21)29-25-17-26(28(32(35)36)18-27(25)31(33)34)30-24-15-11-22(12-16-24)20-44(38,41-7-3)42-8-4/h9-18,29-30H,5-8,19-20H2,1-4H3. The molecule has 0 radical (unpaired) electrons. The summed E-state index contributed by atoms with van der Waals surface area (Å²) in [6.45, 7) is 7.80. The van der Waals surface area contributed by atoms with Gasteiger partial charge in [-0.1, -0.05) is 24.3 Å². The van der Waals surface area contributed by atoms with Crippen LogP contribution in [-0.2, 0) is 39.5 Å². The molecule has 0 bridgehead atoms. The molecule has 2 N–H and O–H groups in total. The van der Waals surface area contributed by atoms with Gasteiger partial charge in [-0.3, -0.25) is 29.4 Å². The highest BCUT2D eigenvalue weighted by Crippen LogP contribution is 2.52. The van der Waals surface area contributed by atoms with Crippen LogP contribution in [0.4, 0.5) is 34.1 Å². The molecule has 238 valence electrons. The van der Waals surface area contributed by atoms with Gasteiger partial charge in [0.2, 0.25) is 0 Å². The largest absolute Gasteiger partial charge is 0.350 e. The molecule has 0 atom stereocenters. The van der Waals surface area contributed by atoms with Crippen molar-refractivity contribution < 1.29 is 37.1 Å². The van der Waals surface area contributed by atoms with Crippen LogP contribution in [0.1, 0.15) is 38.8 Å². The van der Waals surface area contributed by atoms with E-state index in [-0.39, 0.29) is 50.1 Å². The van der Waals surface area contributed by atoms with E-state index in [1.165, 1.54) is 6.07 Å². The number of nitro groups is 2. The van der Waals surface area contributed by atoms with Crippen LogP contribution >= 0.6 is 15.2 Å². The Balaban J connectivity index is 1.88. The summed E-state index contributed by atoms with van der Waals surface area (Å²) in [6, 6.07) is 15.4. The minimum atomic E-state index is -3.33. The van der Waals surface area contributed by atoms with Crippen LogP contribution in [0.15, 0.2) is 60.7 Å². The van der Waals surface area contributed by atoms with E-state index in [2.05, 4.69) is 10.6 Å². The SMILES string of the molecule is CCOP(=O)(Cc1ccc(Nc2cc(Nc3ccc(CP(=O)(OCC)OCC)cc3)c([N+](=O)[O-])cc2[N+](=O)[O-])cc1)OCC. The molecule has 0 spiro atoms. The van der Waals surface area contributed by atoms with Crippen LogP contribution in [0.2, 0.25) is 0 Å². The van der Waals surface area contributed by atoms with Crippen molar-refractivity contribution in [3.63, 3.8) is 0 Å². The van der Waals surface area contributed by atoms with E-state index in [0.717, 1.165) is 6.07 Å². The quantitative estimate of drug-likeness (QED) is 0.0761. The van der Waals surface area contributed by atoms with Crippen molar-refractivity contribution in [1.82, 2.24) is 0 Å². The molecule has 0 aliphatic carbocycles. The van der Waals surface area contributed by atoms with Gasteiger partial charge in [0.15, 0.2) is 0 Å². The lowest BCUT2D eigenvalue weighted by molar-refractivity contribution is -0.393. The van der Waals surface area contributed by atoms with Gasteiger partial charge in [0.25, 0.3) is 11.4 Å². The summed E-state index contributed by atoms with van der Waals surface area (Å²) in [5, 5.41) is 29.6. The summed E-state index contributed by atoms with van der Waals surface area (Å²) in [4.78, 5) is 22.3. The van der Waals surface area contributed by atoms with E-state index >= 15 is 0 Å². The van der Waals surface area contributed by atoms with Gasteiger partial charge in [0.1, 0.15) is 11.4 Å². The summed E-state index contributed by atoms with van der Waals surface area (Å²) in [5.74, 6) is 0. The molecule has 0 unspecified atom stereocenters. The molecule has 3 rings (SSSR count). The Bertz CT molecular complexity index is 1400. The third-order valence-corrected chi connectivity index (χ3v) is 10.1. The third-order valence-electron chi connectivity index (χ3n) is 6.03. The van der Waals surface area contributed by atoms with Crippen molar-refractivity contribution in [2.45, 2.75) is 40.0 Å². The molecule has 14 nitrogen and oxygen atoms in total. The van der Waals surface area contributed by atoms with Crippen LogP contribution in [0.3, 0.4) is 0 Å². The van der Waals surface area contributed by atoms with Gasteiger partial charge in [-0.05, 0) is 69.2 Å². The van der Waals surface area contributed by atoms with E-state index in [1.807, 2.05) is 0 Å². The second kappa shape index (κ2) is 15.9. The van der Waals surface area contributed by atoms with Crippen molar-refractivity contribution in [3.05, 3.63) is 92.0 Å². The maximum Gasteiger partial charge on any atom is 0.335 e. The average Bonchev–Trinajstić information content (AvgIpc) is 2.95. The summed E-state index contributed by atoms with van der Waals surface area (Å²) < 4.78 is 47.1. The zero-order chi connectivity index (χ0) is 32.3. The lowest BCUT2D eigenvalue weighted by atomic mass is 10.1. The van der Waals surface area contributed by atoms with Crippen LogP contribution in [0.25, 0.3) is 0 Å². The Morgan fingerprint density at radius 3 is 1.18 bits per heavy atom. The first-order chi connectivity index (χ1) is 20.9. The molecule has 0 aromatic heterocycles. The molecule has 3 aromatic carbocycles. The Morgan fingerprint density at radius 2 is 0.909 bits per heavy atom. The molecular weight excluding hydrogens is 614 g/mol. The second-order valence-electron chi connectivity index (χ2n) is 9.25. The highest BCUT2D eigenvalue weighted by molar-refractivity contribution is 7.53. The fourth-order valence-corrected chi connectivity index (χ4v) is 7.67. The van der Waals surface area contributed by atoms with Crippen molar-refractivity contribution in [3.8, 4) is 0 Å². The highest BCUT2D eigenvalue weighted by atomic mass is 31.2. The van der Waals surface area contributed by atoms with Crippen molar-refractivity contribution >= 4 is 49.3 Å². The first kappa shape index (κ1) is 34.8. The Kier molecular flexibility index (Phi) is 12.6. The molecule has 0 aliphatic heterocycles. The predicted octanol–water partition coefficient (Wildman–Crippen LogP) is 8.52. The number of nitrogens with one attached hydrogen (secondary N) is 2. The van der Waals surface area contributed by atoms with Gasteiger partial charge in [-0.25, -0.2) is 0 Å². The molecule has 44 heavy (non-hydrogen) atoms. The minimum Gasteiger partial charge on any atom is -0.350 e. The molecule has 0 saturated heterocycles. The second-order valence-corrected chi connectivity index (χ2v) is 13.4. The van der Waals surface area contributed by atoms with Gasteiger partial charge in [0.05, 0.1) is 54.7 Å². The zero-order valence-electron chi connectivity index (χ0n) is 24.9. The van der Waals surface area contributed by atoms with Crippen LogP contribution < -0.4 is 10.6 Å². The van der Waals surface area contributed by atoms with E-state index in [9.17, 15) is 29.4 Å². The minimum absolute atomic E-state index is 0.0103. The fraction of sp³-hybridized carbons (Fsp3) is 0.357. The van der Waals surface area contributed by atoms with Gasteiger partial charge in [-0.15, -0.1) is 0 Å². The first-order valence-electron chi connectivity index (χ1n) is 13.9. The molecule has 16 heteroatoms. The normalized spacial score (nSPS) is 11.7. The lowest BCUT2D eigenvalue weighted by Gasteiger charge is -2.17. The van der Waals surface area contributed by atoms with Crippen molar-refractivity contribution in [2.75, 3.05) is 37.1 Å². The smallest absolute Gasteiger partial charge is 0.335 e. The topological polar surface area (TPSA) is 181 Å². The summed E-state index contributed by atoms with van der Waals surface area (Å²) >= 11 is 0. The molecular formula is C28H36N4O10P2. The molecule has 0 saturated carbocycles. The molecule has 0 fully saturated rings. The summed E-state index contributed by atoms with van der Waals surface area (Å²) in [6.07, 6.45) is 0.0998. The number of hydrogen-bond acceptors (Lipinski definition) is 12. The fourth-order valence-electron chi connectivity index (χ4n) is 4.27. The first-order valence-corrected chi connectivity index (χ1v) is 17.3. The van der Waals surface area contributed by atoms with Crippen LogP contribution in [0, 0.1) is 20.2 Å². The third kappa shape index (κ3) is 9.68. The maximum absolute atomic E-state index is 12.9. The zero-order valence-corrected chi connectivity index (χ0v) is 26.7. The summed E-state index contributed by atoms with van der Waals surface area (Å²) in [7, 11) is -6.65. The summed E-state index contributed by atoms with van der Waals surface area (Å²) in [5.41, 5.74) is 1.27. The van der Waals surface area contributed by atoms with E-state index in [1.54, 1.807) is 76.2 Å². The Labute approximate surface area is 255 Å². The van der Waals surface area contributed by atoms with Crippen molar-refractivity contribution in [1.29, 1.82) is 0 Å². The number of benzene rings is 3. The molecule has 0 aliphatic rings. The number of anilines is 4. The number of rotatable bonds is 18. The molecule has 0 heterocycles. The van der Waals surface area contributed by atoms with E-state index in [4.69, 9.17) is 18.1 Å². The van der Waals surface area contributed by atoms with E-state index < -0.39 is 36.4 Å². The van der Waals surface area contributed by atoms with Gasteiger partial charge in [-0.2, -0.15) is 0 Å². The molecule has 3 aromatic rings. The van der Waals surface area contributed by atoms with Crippen molar-refractivity contribution in [2.24, 2.45) is 0 Å². The molecule has 0 amide bonds. The number of hydrogen-bond donors (Lipinski definition) is 2. The highest BCUT2D eigenvalue weighted by Gasteiger charge is 2.27. The van der Waals surface area contributed by atoms with Gasteiger partial charge in [0, 0.05) is 11.4 Å². The Hall–Kier alpha value is -3.64.